The van der Waals surface area contributed by atoms with Gasteiger partial charge in [-0.25, -0.2) is 19.9 Å². The first kappa shape index (κ1) is 42.0. The van der Waals surface area contributed by atoms with Crippen molar-refractivity contribution in [3.63, 3.8) is 0 Å². The van der Waals surface area contributed by atoms with Gasteiger partial charge in [0, 0.05) is 82.4 Å². The van der Waals surface area contributed by atoms with Crippen molar-refractivity contribution >= 4 is 29.1 Å². The Morgan fingerprint density at radius 2 is 1.20 bits per heavy atom. The fraction of sp³-hybridized carbons (Fsp3) is 0.302. The second-order valence-electron chi connectivity index (χ2n) is 15.0. The predicted molar refractivity (Wildman–Crippen MR) is 227 cm³/mol. The summed E-state index contributed by atoms with van der Waals surface area (Å²) in [7, 11) is 3.70. The smallest absolute Gasteiger partial charge is 0.227 e. The topological polar surface area (TPSA) is 213 Å². The van der Waals surface area contributed by atoms with E-state index < -0.39 is 0 Å². The minimum absolute atomic E-state index is 0.0281. The lowest BCUT2D eigenvalue weighted by Crippen LogP contribution is -2.22. The van der Waals surface area contributed by atoms with Crippen LogP contribution in [0.3, 0.4) is 0 Å². The summed E-state index contributed by atoms with van der Waals surface area (Å²) >= 11 is 0. The number of hydrogen-bond acceptors (Lipinski definition) is 13. The highest BCUT2D eigenvalue weighted by molar-refractivity contribution is 5.95. The zero-order valence-corrected chi connectivity index (χ0v) is 34.0. The first-order chi connectivity index (χ1) is 28.4. The van der Waals surface area contributed by atoms with Crippen molar-refractivity contribution < 1.29 is 15.0 Å². The van der Waals surface area contributed by atoms with Crippen LogP contribution in [0.4, 0.5) is 23.3 Å². The molecule has 16 nitrogen and oxygen atoms in total. The van der Waals surface area contributed by atoms with Gasteiger partial charge in [0.15, 0.2) is 5.78 Å². The molecule has 306 valence electrons. The number of rotatable bonds is 15. The molecule has 0 aliphatic heterocycles. The van der Waals surface area contributed by atoms with Crippen molar-refractivity contribution in [1.29, 1.82) is 0 Å². The van der Waals surface area contributed by atoms with E-state index >= 15 is 0 Å². The molecule has 16 heteroatoms. The summed E-state index contributed by atoms with van der Waals surface area (Å²) in [5.74, 6) is 1.04. The van der Waals surface area contributed by atoms with Gasteiger partial charge in [0.2, 0.25) is 11.9 Å². The van der Waals surface area contributed by atoms with E-state index in [-0.39, 0.29) is 24.5 Å². The zero-order chi connectivity index (χ0) is 41.9. The number of ketones is 1. The molecule has 0 spiro atoms. The van der Waals surface area contributed by atoms with Crippen LogP contribution in [0.25, 0.3) is 22.5 Å². The molecular formula is C43H51N13O3. The van der Waals surface area contributed by atoms with Crippen molar-refractivity contribution in [1.82, 2.24) is 49.3 Å². The summed E-state index contributed by atoms with van der Waals surface area (Å²) in [4.78, 5) is 30.5. The Balaban J connectivity index is 0.000000213. The number of aromatic nitrogens is 10. The normalized spacial score (nSPS) is 11.3. The van der Waals surface area contributed by atoms with Gasteiger partial charge in [-0.15, -0.1) is 0 Å². The number of nitrogens with two attached hydrogens (primary N) is 1. The van der Waals surface area contributed by atoms with E-state index in [0.29, 0.717) is 49.7 Å². The van der Waals surface area contributed by atoms with Crippen LogP contribution in [0.15, 0.2) is 98.1 Å². The molecule has 6 N–H and O–H groups in total. The molecule has 0 fully saturated rings. The highest BCUT2D eigenvalue weighted by atomic mass is 16.3. The van der Waals surface area contributed by atoms with E-state index in [1.807, 2.05) is 107 Å². The molecule has 59 heavy (non-hydrogen) atoms. The minimum Gasteiger partial charge on any atom is -0.396 e. The molecule has 7 rings (SSSR count). The van der Waals surface area contributed by atoms with Gasteiger partial charge in [0.05, 0.1) is 52.5 Å². The maximum atomic E-state index is 12.8. The second kappa shape index (κ2) is 19.2. The van der Waals surface area contributed by atoms with Crippen LogP contribution >= 0.6 is 0 Å². The Hall–Kier alpha value is -6.62. The maximum absolute atomic E-state index is 12.8. The molecule has 0 aliphatic rings. The van der Waals surface area contributed by atoms with Gasteiger partial charge in [-0.05, 0) is 86.6 Å². The number of benzene rings is 2. The number of anilines is 4. The van der Waals surface area contributed by atoms with E-state index in [1.165, 1.54) is 0 Å². The van der Waals surface area contributed by atoms with E-state index in [9.17, 15) is 15.0 Å². The number of nitrogens with zero attached hydrogens (tertiary/aromatic N) is 10. The largest absolute Gasteiger partial charge is 0.396 e. The van der Waals surface area contributed by atoms with Gasteiger partial charge in [0.1, 0.15) is 0 Å². The van der Waals surface area contributed by atoms with Gasteiger partial charge in [-0.2, -0.15) is 15.3 Å². The lowest BCUT2D eigenvalue weighted by atomic mass is 9.95. The lowest BCUT2D eigenvalue weighted by molar-refractivity contribution is 0.0982. The Morgan fingerprint density at radius 1 is 0.678 bits per heavy atom. The lowest BCUT2D eigenvalue weighted by Gasteiger charge is -2.18. The summed E-state index contributed by atoms with van der Waals surface area (Å²) in [6.45, 7) is 6.72. The zero-order valence-electron chi connectivity index (χ0n) is 34.0. The number of nitrogens with one attached hydrogen (secondary N) is 2. The fourth-order valence-corrected chi connectivity index (χ4v) is 6.34. The first-order valence-corrected chi connectivity index (χ1v) is 19.3. The highest BCUT2D eigenvalue weighted by Crippen LogP contribution is 2.26. The quantitative estimate of drug-likeness (QED) is 0.0808. The van der Waals surface area contributed by atoms with Gasteiger partial charge in [0.25, 0.3) is 0 Å². The van der Waals surface area contributed by atoms with Gasteiger partial charge in [-0.1, -0.05) is 24.3 Å². The van der Waals surface area contributed by atoms with E-state index in [1.54, 1.807) is 40.3 Å². The highest BCUT2D eigenvalue weighted by Gasteiger charge is 2.18. The number of carbonyl (C=O) groups excluding carboxylic acids is 1. The third-order valence-corrected chi connectivity index (χ3v) is 9.43. The molecule has 0 saturated carbocycles. The van der Waals surface area contributed by atoms with Crippen LogP contribution in [0.1, 0.15) is 59.8 Å². The van der Waals surface area contributed by atoms with Gasteiger partial charge < -0.3 is 26.6 Å². The monoisotopic (exact) mass is 797 g/mol. The molecule has 7 aromatic rings. The number of aryl methyl sites for hydroxylation is 3. The van der Waals surface area contributed by atoms with E-state index in [2.05, 4.69) is 45.9 Å². The predicted octanol–water partition coefficient (Wildman–Crippen LogP) is 5.54. The standard InChI is InChI=1S/C26H31N7O2.C17H20N6O/c1-26(2,3)33-16-21(14-29-33)24(35)8-7-18-5-6-20(13-19(18)10-12-34)23-9-11-27-25(31-23)30-22-15-28-32(4)17-22;1-23-11-15(10-20-23)21-17-19-6-4-16(22-17)13-2-3-14(9-18)12(8-13)5-7-24/h5-6,9,11,13-17,34H,7-8,10,12H2,1-4H3,(H,27,30,31);2-4,6,8,10-11,24H,5,7,9,18H2,1H3,(H,19,21,22). The van der Waals surface area contributed by atoms with E-state index in [0.717, 1.165) is 56.1 Å². The Morgan fingerprint density at radius 3 is 1.66 bits per heavy atom. The Labute approximate surface area is 343 Å². The fourth-order valence-electron chi connectivity index (χ4n) is 6.34. The van der Waals surface area contributed by atoms with Crippen LogP contribution in [-0.4, -0.2) is 78.5 Å². The number of aliphatic hydroxyl groups is 2. The summed E-state index contributed by atoms with van der Waals surface area (Å²) in [6.07, 6.45) is 16.0. The van der Waals surface area contributed by atoms with Crippen molar-refractivity contribution in [2.75, 3.05) is 23.8 Å². The molecular weight excluding hydrogens is 747 g/mol. The van der Waals surface area contributed by atoms with Crippen LogP contribution < -0.4 is 16.4 Å². The average molecular weight is 798 g/mol. The third kappa shape index (κ3) is 11.3. The van der Waals surface area contributed by atoms with Gasteiger partial charge in [-0.3, -0.25) is 18.8 Å². The first-order valence-electron chi connectivity index (χ1n) is 19.3. The van der Waals surface area contributed by atoms with Crippen LogP contribution in [0.5, 0.6) is 0 Å². The number of hydrogen-bond donors (Lipinski definition) is 5. The van der Waals surface area contributed by atoms with Crippen LogP contribution in [-0.2, 0) is 45.4 Å². The maximum Gasteiger partial charge on any atom is 0.227 e. The molecule has 5 heterocycles. The van der Waals surface area contributed by atoms with Crippen molar-refractivity contribution in [3.8, 4) is 22.5 Å². The molecule has 0 atom stereocenters. The molecule has 0 aliphatic carbocycles. The van der Waals surface area contributed by atoms with Crippen molar-refractivity contribution in [2.24, 2.45) is 19.8 Å². The van der Waals surface area contributed by atoms with Crippen LogP contribution in [0, 0.1) is 0 Å². The van der Waals surface area contributed by atoms with Crippen molar-refractivity contribution in [3.05, 3.63) is 126 Å². The van der Waals surface area contributed by atoms with Crippen molar-refractivity contribution in [2.45, 2.75) is 58.5 Å². The molecule has 0 saturated heterocycles. The molecule has 5 aromatic heterocycles. The minimum atomic E-state index is -0.170. The van der Waals surface area contributed by atoms with Gasteiger partial charge >= 0.3 is 0 Å². The number of aliphatic hydroxyl groups excluding tert-OH is 2. The molecule has 0 bridgehead atoms. The number of Topliss-reactive ketones (excluding diaryl/α,β-unsaturated/α-hetero) is 1. The SMILES string of the molecule is Cn1cc(Nc2nccc(-c3ccc(CCC(=O)c4cnn(C(C)(C)C)c4)c(CCO)c3)n2)cn1.Cn1cc(Nc2nccc(-c3ccc(CN)c(CCO)c3)n2)cn1. The number of carbonyl (C=O) groups is 1. The summed E-state index contributed by atoms with van der Waals surface area (Å²) in [6, 6.07) is 15.7. The summed E-state index contributed by atoms with van der Waals surface area (Å²) in [5, 5.41) is 37.7. The van der Waals surface area contributed by atoms with E-state index in [4.69, 9.17) is 5.73 Å². The Bertz CT molecular complexity index is 2480. The second-order valence-corrected chi connectivity index (χ2v) is 15.0. The molecule has 0 radical (unpaired) electrons. The summed E-state index contributed by atoms with van der Waals surface area (Å²) in [5.41, 5.74) is 15.4. The Kier molecular flexibility index (Phi) is 13.7. The summed E-state index contributed by atoms with van der Waals surface area (Å²) < 4.78 is 5.22. The molecule has 0 amide bonds. The molecule has 2 aromatic carbocycles. The molecule has 0 unspecified atom stereocenters. The van der Waals surface area contributed by atoms with Crippen LogP contribution in [0.2, 0.25) is 0 Å². The third-order valence-electron chi connectivity index (χ3n) is 9.43. The average Bonchev–Trinajstić information content (AvgIpc) is 4.00.